The zero-order valence-corrected chi connectivity index (χ0v) is 25.4. The number of aromatic nitrogens is 5. The van der Waals surface area contributed by atoms with Crippen LogP contribution in [0.5, 0.6) is 0 Å². The second-order valence-corrected chi connectivity index (χ2v) is 10.5. The van der Waals surface area contributed by atoms with Gasteiger partial charge in [-0.3, -0.25) is 33.8 Å². The molecule has 0 saturated heterocycles. The first-order valence-electron chi connectivity index (χ1n) is 14.0. The Labute approximate surface area is 273 Å². The predicted octanol–water partition coefficient (Wildman–Crippen LogP) is 0.970. The number of aromatic amines is 2. The third kappa shape index (κ3) is 6.35. The lowest BCUT2D eigenvalue weighted by Gasteiger charge is -2.14. The minimum Gasteiger partial charge on any atom is -0.477 e. The zero-order chi connectivity index (χ0) is 33.4. The number of hydrogen-bond acceptors (Lipinski definition) is 12. The maximum absolute atomic E-state index is 12.8. The van der Waals surface area contributed by atoms with Gasteiger partial charge < -0.3 is 27.2 Å². The number of halogens is 1. The van der Waals surface area contributed by atoms with Crippen LogP contribution in [0.25, 0.3) is 17.0 Å². The van der Waals surface area contributed by atoms with Crippen LogP contribution in [0, 0.1) is 0 Å². The number of aryl methyl sites for hydroxylation is 1. The van der Waals surface area contributed by atoms with E-state index in [0.717, 1.165) is 33.3 Å². The molecule has 3 aromatic heterocycles. The van der Waals surface area contributed by atoms with Gasteiger partial charge in [0.2, 0.25) is 0 Å². The SMILES string of the molecule is Cl.NCc1cccc(Nc2c(N)c(=O)c2=O)c1.O=C(N[C@H]1CCc2cc(-c3noc(=O)[nH]3)ccc21)c1cc(C(=O)O)n2[nH]c(=O)cc2n1. The number of H-pyrrole nitrogens is 2. The number of nitrogens with two attached hydrogens (primary N) is 2. The van der Waals surface area contributed by atoms with E-state index in [1.807, 2.05) is 24.3 Å². The molecule has 9 N–H and O–H groups in total. The highest BCUT2D eigenvalue weighted by Gasteiger charge is 2.26. The van der Waals surface area contributed by atoms with Crippen LogP contribution in [0.3, 0.4) is 0 Å². The van der Waals surface area contributed by atoms with Gasteiger partial charge in [-0.1, -0.05) is 29.4 Å². The molecule has 17 nitrogen and oxygen atoms in total. The van der Waals surface area contributed by atoms with Crippen molar-refractivity contribution in [2.75, 3.05) is 11.1 Å². The Bertz CT molecular complexity index is 2380. The monoisotopic (exact) mass is 675 g/mol. The molecule has 246 valence electrons. The third-order valence-electron chi connectivity index (χ3n) is 7.53. The van der Waals surface area contributed by atoms with E-state index in [2.05, 4.69) is 35.4 Å². The van der Waals surface area contributed by atoms with Crippen LogP contribution in [-0.2, 0) is 13.0 Å². The number of aromatic carboxylic acids is 1. The van der Waals surface area contributed by atoms with Crippen LogP contribution >= 0.6 is 12.4 Å². The number of nitrogens with zero attached hydrogens (tertiary/aromatic N) is 3. The zero-order valence-electron chi connectivity index (χ0n) is 24.6. The number of carbonyl (C=O) groups is 2. The number of carboxylic acid groups (broad SMARTS) is 1. The second-order valence-electron chi connectivity index (χ2n) is 10.5. The maximum Gasteiger partial charge on any atom is 0.439 e. The van der Waals surface area contributed by atoms with Gasteiger partial charge in [-0.05, 0) is 47.7 Å². The van der Waals surface area contributed by atoms with Crippen molar-refractivity contribution in [3.63, 3.8) is 0 Å². The Balaban J connectivity index is 0.000000224. The van der Waals surface area contributed by atoms with Crippen molar-refractivity contribution in [2.24, 2.45) is 5.73 Å². The number of carboxylic acids is 1. The summed E-state index contributed by atoms with van der Waals surface area (Å²) in [5.74, 6) is -2.18. The predicted molar refractivity (Wildman–Crippen MR) is 174 cm³/mol. The van der Waals surface area contributed by atoms with Crippen molar-refractivity contribution in [3.05, 3.63) is 124 Å². The van der Waals surface area contributed by atoms with Crippen LogP contribution in [0.15, 0.2) is 78.3 Å². The molecule has 1 amide bonds. The van der Waals surface area contributed by atoms with Crippen molar-refractivity contribution < 1.29 is 19.2 Å². The van der Waals surface area contributed by atoms with Gasteiger partial charge in [0.25, 0.3) is 22.3 Å². The third-order valence-corrected chi connectivity index (χ3v) is 7.53. The van der Waals surface area contributed by atoms with Crippen molar-refractivity contribution in [1.29, 1.82) is 0 Å². The molecule has 0 radical (unpaired) electrons. The van der Waals surface area contributed by atoms with Crippen molar-refractivity contribution in [3.8, 4) is 11.4 Å². The lowest BCUT2D eigenvalue weighted by atomic mass is 10.0. The summed E-state index contributed by atoms with van der Waals surface area (Å²) in [7, 11) is 0. The molecular weight excluding hydrogens is 650 g/mol. The first kappa shape index (κ1) is 33.0. The fraction of sp³-hybridized carbons (Fsp3) is 0.133. The van der Waals surface area contributed by atoms with E-state index in [-0.39, 0.29) is 46.9 Å². The van der Waals surface area contributed by atoms with Gasteiger partial charge in [0.1, 0.15) is 17.1 Å². The number of rotatable bonds is 7. The number of nitrogens with one attached hydrogen (secondary N) is 4. The average Bonchev–Trinajstić information content (AvgIpc) is 3.80. The molecule has 1 atom stereocenters. The fourth-order valence-electron chi connectivity index (χ4n) is 5.23. The van der Waals surface area contributed by atoms with Gasteiger partial charge >= 0.3 is 11.7 Å². The highest BCUT2D eigenvalue weighted by atomic mass is 35.5. The topological polar surface area (TPSA) is 274 Å². The van der Waals surface area contributed by atoms with Crippen LogP contribution in [0.2, 0.25) is 0 Å². The van der Waals surface area contributed by atoms with Gasteiger partial charge in [-0.15, -0.1) is 12.4 Å². The number of hydrogen-bond donors (Lipinski definition) is 7. The normalized spacial score (nSPS) is 13.3. The number of carbonyl (C=O) groups excluding carboxylic acids is 1. The molecule has 0 fully saturated rings. The first-order chi connectivity index (χ1) is 22.5. The Morgan fingerprint density at radius 3 is 2.54 bits per heavy atom. The standard InChI is InChI=1S/C19H14N6O6.C11H11N3O2.ClH/c26-15-7-14-20-12(6-13(18(28)29)25(14)23-15)17(27)21-11-4-2-8-5-9(1-3-10(8)11)16-22-19(30)31-24-16;12-5-6-2-1-3-7(4-6)14-9-8(13)10(15)11(9)16;/h1,3,5-7,11H,2,4H2,(H,21,27)(H,23,26)(H,28,29)(H,22,24,30);1-4,14H,5,12-13H2;1H/t11-;;/m0../s1. The summed E-state index contributed by atoms with van der Waals surface area (Å²) < 4.78 is 5.55. The van der Waals surface area contributed by atoms with E-state index in [1.165, 1.54) is 0 Å². The molecule has 0 unspecified atom stereocenters. The molecule has 0 saturated carbocycles. The summed E-state index contributed by atoms with van der Waals surface area (Å²) >= 11 is 0. The minimum atomic E-state index is -1.31. The average molecular weight is 676 g/mol. The molecule has 7 rings (SSSR count). The molecule has 3 heterocycles. The minimum absolute atomic E-state index is 0. The summed E-state index contributed by atoms with van der Waals surface area (Å²) in [6.45, 7) is 0.414. The Kier molecular flexibility index (Phi) is 9.08. The van der Waals surface area contributed by atoms with Crippen molar-refractivity contribution in [2.45, 2.75) is 25.4 Å². The molecule has 18 heteroatoms. The summed E-state index contributed by atoms with van der Waals surface area (Å²) in [5, 5.41) is 21.1. The summed E-state index contributed by atoms with van der Waals surface area (Å²) in [5.41, 5.74) is 13.2. The summed E-state index contributed by atoms with van der Waals surface area (Å²) in [6, 6.07) is 14.7. The highest BCUT2D eigenvalue weighted by Crippen LogP contribution is 2.33. The molecule has 0 aliphatic heterocycles. The van der Waals surface area contributed by atoms with E-state index in [4.69, 9.17) is 11.5 Å². The quantitative estimate of drug-likeness (QED) is 0.116. The molecule has 1 aliphatic rings. The van der Waals surface area contributed by atoms with E-state index in [0.29, 0.717) is 36.5 Å². The fourth-order valence-corrected chi connectivity index (χ4v) is 5.23. The number of benzene rings is 2. The maximum atomic E-state index is 12.8. The van der Waals surface area contributed by atoms with Crippen LogP contribution in [-0.4, -0.2) is 41.7 Å². The van der Waals surface area contributed by atoms with E-state index < -0.39 is 34.0 Å². The van der Waals surface area contributed by atoms with E-state index in [1.54, 1.807) is 18.2 Å². The molecular formula is C30H26ClN9O8. The number of nitrogen functional groups attached to an aromatic ring is 1. The molecule has 6 aromatic rings. The van der Waals surface area contributed by atoms with Gasteiger partial charge in [0, 0.05) is 29.9 Å². The number of fused-ring (bicyclic) bond motifs is 2. The molecule has 0 bridgehead atoms. The van der Waals surface area contributed by atoms with Gasteiger partial charge in [-0.25, -0.2) is 19.1 Å². The van der Waals surface area contributed by atoms with Crippen LogP contribution < -0.4 is 44.3 Å². The van der Waals surface area contributed by atoms with E-state index in [9.17, 15) is 33.9 Å². The van der Waals surface area contributed by atoms with Gasteiger partial charge in [0.05, 0.1) is 6.04 Å². The van der Waals surface area contributed by atoms with Crippen LogP contribution in [0.1, 0.15) is 50.1 Å². The number of amides is 1. The van der Waals surface area contributed by atoms with Gasteiger partial charge in [0.15, 0.2) is 17.2 Å². The van der Waals surface area contributed by atoms with Crippen molar-refractivity contribution >= 4 is 47.0 Å². The van der Waals surface area contributed by atoms with Crippen molar-refractivity contribution in [1.82, 2.24) is 30.1 Å². The lowest BCUT2D eigenvalue weighted by Crippen LogP contribution is -2.36. The molecule has 1 aliphatic carbocycles. The molecule has 0 spiro atoms. The lowest BCUT2D eigenvalue weighted by molar-refractivity contribution is 0.0687. The summed E-state index contributed by atoms with van der Waals surface area (Å²) in [4.78, 5) is 75.7. The Morgan fingerprint density at radius 2 is 1.85 bits per heavy atom. The smallest absolute Gasteiger partial charge is 0.439 e. The Hall–Kier alpha value is -6.33. The first-order valence-corrected chi connectivity index (χ1v) is 14.0. The van der Waals surface area contributed by atoms with Crippen LogP contribution in [0.4, 0.5) is 17.1 Å². The molecule has 3 aromatic carbocycles. The van der Waals surface area contributed by atoms with E-state index >= 15 is 0 Å². The Morgan fingerprint density at radius 1 is 1.06 bits per heavy atom. The van der Waals surface area contributed by atoms with Gasteiger partial charge in [-0.2, -0.15) is 0 Å². The highest BCUT2D eigenvalue weighted by molar-refractivity contribution is 5.96. The summed E-state index contributed by atoms with van der Waals surface area (Å²) in [6.07, 6.45) is 1.33. The largest absolute Gasteiger partial charge is 0.477 e. The molecule has 48 heavy (non-hydrogen) atoms. The second kappa shape index (κ2) is 13.2. The number of anilines is 3.